The van der Waals surface area contributed by atoms with E-state index in [9.17, 15) is 9.59 Å². The van der Waals surface area contributed by atoms with E-state index in [1.54, 1.807) is 16.8 Å². The second-order valence-corrected chi connectivity index (χ2v) is 7.35. The van der Waals surface area contributed by atoms with Gasteiger partial charge in [0.2, 0.25) is 0 Å². The number of carbonyl (C=O) groups excluding carboxylic acids is 2. The Bertz CT molecular complexity index is 581. The summed E-state index contributed by atoms with van der Waals surface area (Å²) in [5, 5.41) is 0. The fourth-order valence-electron chi connectivity index (χ4n) is 2.73. The van der Waals surface area contributed by atoms with E-state index in [2.05, 4.69) is 0 Å². The molecule has 6 nitrogen and oxygen atoms in total. The molecular weight excluding hydrogens is 339 g/mol. The first-order valence-electron chi connectivity index (χ1n) is 8.68. The Balaban J connectivity index is 0.00000338. The second-order valence-electron chi connectivity index (χ2n) is 7.35. The van der Waals surface area contributed by atoms with Crippen molar-refractivity contribution < 1.29 is 23.8 Å². The lowest BCUT2D eigenvalue weighted by Gasteiger charge is -2.36. The van der Waals surface area contributed by atoms with Crippen LogP contribution in [0.2, 0.25) is 0 Å². The minimum Gasteiger partial charge on any atom is -0.445 e. The van der Waals surface area contributed by atoms with Crippen molar-refractivity contribution >= 4 is 12.2 Å². The number of carbonyl (C=O) groups is 2. The summed E-state index contributed by atoms with van der Waals surface area (Å²) in [6, 6.07) is 9.69. The highest BCUT2D eigenvalue weighted by atomic mass is 19.0. The fourth-order valence-corrected chi connectivity index (χ4v) is 2.73. The molecule has 1 heterocycles. The second kappa shape index (κ2) is 9.40. The fraction of sp³-hybridized carbons (Fsp3) is 0.579. The predicted octanol–water partition coefficient (Wildman–Crippen LogP) is 3.81. The Hall–Kier alpha value is -2.31. The molecule has 1 saturated heterocycles. The average Bonchev–Trinajstić information content (AvgIpc) is 2.58. The molecule has 0 radical (unpaired) electrons. The number of likely N-dealkylation sites (tertiary alicyclic amines) is 1. The lowest BCUT2D eigenvalue weighted by atomic mass is 10.0. The third kappa shape index (κ3) is 6.54. The van der Waals surface area contributed by atoms with Gasteiger partial charge >= 0.3 is 12.2 Å². The number of piperidine rings is 1. The van der Waals surface area contributed by atoms with Crippen molar-refractivity contribution in [3.05, 3.63) is 35.9 Å². The van der Waals surface area contributed by atoms with Gasteiger partial charge in [-0.2, -0.15) is 0 Å². The summed E-state index contributed by atoms with van der Waals surface area (Å²) in [7, 11) is 1.75. The zero-order valence-electron chi connectivity index (χ0n) is 15.9. The van der Waals surface area contributed by atoms with Gasteiger partial charge in [0.25, 0.3) is 0 Å². The van der Waals surface area contributed by atoms with Crippen molar-refractivity contribution in [3.8, 4) is 0 Å². The first-order valence-corrected chi connectivity index (χ1v) is 8.68. The summed E-state index contributed by atoms with van der Waals surface area (Å²) in [5.74, 6) is 0. The van der Waals surface area contributed by atoms with Crippen molar-refractivity contribution in [3.63, 3.8) is 0 Å². The summed E-state index contributed by atoms with van der Waals surface area (Å²) in [5.41, 5.74) is 0.461. The molecule has 7 heteroatoms. The summed E-state index contributed by atoms with van der Waals surface area (Å²) in [4.78, 5) is 27.6. The van der Waals surface area contributed by atoms with E-state index in [1.807, 2.05) is 51.1 Å². The van der Waals surface area contributed by atoms with Gasteiger partial charge in [-0.05, 0) is 39.2 Å². The van der Waals surface area contributed by atoms with Gasteiger partial charge in [0.15, 0.2) is 0 Å². The molecule has 0 atom stereocenters. The molecule has 0 bridgehead atoms. The van der Waals surface area contributed by atoms with Gasteiger partial charge in [-0.3, -0.25) is 4.70 Å². The minimum absolute atomic E-state index is 0. The van der Waals surface area contributed by atoms with E-state index in [1.165, 1.54) is 0 Å². The van der Waals surface area contributed by atoms with Gasteiger partial charge in [-0.15, -0.1) is 0 Å². The van der Waals surface area contributed by atoms with Crippen LogP contribution in [0.5, 0.6) is 0 Å². The van der Waals surface area contributed by atoms with Crippen LogP contribution in [0.15, 0.2) is 30.3 Å². The average molecular weight is 368 g/mol. The predicted molar refractivity (Wildman–Crippen MR) is 97.7 cm³/mol. The van der Waals surface area contributed by atoms with Gasteiger partial charge < -0.3 is 19.3 Å². The van der Waals surface area contributed by atoms with Crippen LogP contribution in [-0.4, -0.2) is 53.8 Å². The molecule has 1 aliphatic rings. The third-order valence-electron chi connectivity index (χ3n) is 4.16. The van der Waals surface area contributed by atoms with Crippen molar-refractivity contribution in [2.45, 2.75) is 51.9 Å². The summed E-state index contributed by atoms with van der Waals surface area (Å²) < 4.78 is 10.8. The van der Waals surface area contributed by atoms with E-state index >= 15 is 0 Å². The molecule has 0 saturated carbocycles. The largest absolute Gasteiger partial charge is 0.445 e. The van der Waals surface area contributed by atoms with E-state index in [0.29, 0.717) is 13.1 Å². The highest BCUT2D eigenvalue weighted by molar-refractivity contribution is 5.69. The molecule has 0 spiro atoms. The lowest BCUT2D eigenvalue weighted by Crippen LogP contribution is -2.48. The number of hydrogen-bond acceptors (Lipinski definition) is 4. The van der Waals surface area contributed by atoms with Crippen LogP contribution in [0.3, 0.4) is 0 Å². The Labute approximate surface area is 154 Å². The van der Waals surface area contributed by atoms with Crippen LogP contribution in [-0.2, 0) is 16.1 Å². The maximum Gasteiger partial charge on any atom is 0.410 e. The standard InChI is InChI=1S/C19H28N2O4.FH/c1-19(2,3)25-17(22)20(4)16-10-12-21(13-11-16)18(23)24-14-15-8-6-5-7-9-15;/h5-9,16H,10-14H2,1-4H3;1H. The summed E-state index contributed by atoms with van der Waals surface area (Å²) in [6.07, 6.45) is 0.812. The van der Waals surface area contributed by atoms with Gasteiger partial charge in [-0.1, -0.05) is 30.3 Å². The number of ether oxygens (including phenoxy) is 2. The van der Waals surface area contributed by atoms with Crippen molar-refractivity contribution in [1.82, 2.24) is 9.80 Å². The quantitative estimate of drug-likeness (QED) is 0.814. The topological polar surface area (TPSA) is 59.1 Å². The molecular formula is C19H29FN2O4. The number of hydrogen-bond donors (Lipinski definition) is 0. The Kier molecular flexibility index (Phi) is 7.86. The van der Waals surface area contributed by atoms with Crippen molar-refractivity contribution in [2.75, 3.05) is 20.1 Å². The maximum atomic E-state index is 12.2. The van der Waals surface area contributed by atoms with Crippen LogP contribution in [0, 0.1) is 0 Å². The zero-order valence-corrected chi connectivity index (χ0v) is 15.9. The maximum absolute atomic E-state index is 12.2. The Morgan fingerprint density at radius 3 is 2.27 bits per heavy atom. The Morgan fingerprint density at radius 2 is 1.73 bits per heavy atom. The monoisotopic (exact) mass is 368 g/mol. The molecule has 146 valence electrons. The SMILES string of the molecule is CN(C(=O)OC(C)(C)C)C1CCN(C(=O)OCc2ccccc2)CC1.F. The van der Waals surface area contributed by atoms with Crippen molar-refractivity contribution in [2.24, 2.45) is 0 Å². The third-order valence-corrected chi connectivity index (χ3v) is 4.16. The molecule has 1 aromatic rings. The first kappa shape index (κ1) is 21.7. The van der Waals surface area contributed by atoms with Crippen LogP contribution < -0.4 is 0 Å². The molecule has 0 aromatic heterocycles. The summed E-state index contributed by atoms with van der Waals surface area (Å²) in [6.45, 7) is 6.98. The Morgan fingerprint density at radius 1 is 1.15 bits per heavy atom. The first-order chi connectivity index (χ1) is 11.8. The van der Waals surface area contributed by atoms with Crippen LogP contribution in [0.1, 0.15) is 39.2 Å². The van der Waals surface area contributed by atoms with E-state index in [4.69, 9.17) is 9.47 Å². The molecule has 1 fully saturated rings. The molecule has 2 rings (SSSR count). The number of rotatable bonds is 3. The number of benzene rings is 1. The van der Waals surface area contributed by atoms with Gasteiger partial charge in [-0.25, -0.2) is 9.59 Å². The van der Waals surface area contributed by atoms with Crippen molar-refractivity contribution in [1.29, 1.82) is 0 Å². The minimum atomic E-state index is -0.507. The molecule has 26 heavy (non-hydrogen) atoms. The molecule has 1 aliphatic heterocycles. The smallest absolute Gasteiger partial charge is 0.410 e. The molecule has 0 aliphatic carbocycles. The zero-order chi connectivity index (χ0) is 18.4. The molecule has 0 unspecified atom stereocenters. The van der Waals surface area contributed by atoms with Crippen LogP contribution in [0.4, 0.5) is 14.3 Å². The van der Waals surface area contributed by atoms with Gasteiger partial charge in [0, 0.05) is 26.2 Å². The normalized spacial score (nSPS) is 15.0. The van der Waals surface area contributed by atoms with E-state index < -0.39 is 5.60 Å². The van der Waals surface area contributed by atoms with Crippen LogP contribution in [0.25, 0.3) is 0 Å². The highest BCUT2D eigenvalue weighted by Gasteiger charge is 2.30. The summed E-state index contributed by atoms with van der Waals surface area (Å²) >= 11 is 0. The van der Waals surface area contributed by atoms with Gasteiger partial charge in [0.1, 0.15) is 12.2 Å². The van der Waals surface area contributed by atoms with Crippen LogP contribution >= 0.6 is 0 Å². The molecule has 0 N–H and O–H groups in total. The number of nitrogens with zero attached hydrogens (tertiary/aromatic N) is 2. The number of amides is 2. The van der Waals surface area contributed by atoms with Gasteiger partial charge in [0.05, 0.1) is 0 Å². The van der Waals surface area contributed by atoms with E-state index in [0.717, 1.165) is 18.4 Å². The van der Waals surface area contributed by atoms with E-state index in [-0.39, 0.29) is 29.5 Å². The highest BCUT2D eigenvalue weighted by Crippen LogP contribution is 2.19. The molecule has 2 amide bonds. The molecule has 1 aromatic carbocycles. The lowest BCUT2D eigenvalue weighted by molar-refractivity contribution is 0.0147. The number of halogens is 1.